The number of carbonyl (C=O) groups excluding carboxylic acids is 1. The van der Waals surface area contributed by atoms with Crippen LogP contribution in [-0.2, 0) is 0 Å². The van der Waals surface area contributed by atoms with E-state index < -0.39 is 0 Å². The number of piperazine rings is 1. The smallest absolute Gasteiger partial charge is 0.287 e. The van der Waals surface area contributed by atoms with Crippen LogP contribution in [0.3, 0.4) is 0 Å². The molecule has 6 heteroatoms. The zero-order chi connectivity index (χ0) is 13.0. The molecule has 1 aromatic rings. The molecule has 2 rings (SSSR count). The number of hydrogen-bond acceptors (Lipinski definition) is 4. The fourth-order valence-corrected chi connectivity index (χ4v) is 2.07. The Balaban J connectivity index is 1.67. The maximum Gasteiger partial charge on any atom is 0.287 e. The molecule has 100 valence electrons. The Morgan fingerprint density at radius 2 is 2.11 bits per heavy atom. The average molecular weight is 272 g/mol. The lowest BCUT2D eigenvalue weighted by atomic mass is 10.3. The number of likely N-dealkylation sites (N-methyl/N-ethyl adjacent to an activating group) is 1. The second-order valence-electron chi connectivity index (χ2n) is 4.50. The number of hydrogen-bond donors (Lipinski definition) is 1. The molecule has 0 spiro atoms. The molecule has 1 aliphatic heterocycles. The van der Waals surface area contributed by atoms with Gasteiger partial charge in [-0.15, -0.1) is 0 Å². The molecule has 1 saturated heterocycles. The van der Waals surface area contributed by atoms with Crippen LogP contribution in [0.4, 0.5) is 0 Å². The molecule has 2 heterocycles. The molecule has 1 N–H and O–H groups in total. The second-order valence-corrected chi connectivity index (χ2v) is 4.88. The maximum absolute atomic E-state index is 11.7. The summed E-state index contributed by atoms with van der Waals surface area (Å²) in [5.41, 5.74) is 0. The van der Waals surface area contributed by atoms with Gasteiger partial charge in [-0.05, 0) is 30.8 Å². The SMILES string of the molecule is CN1CCN(CCNC(=O)c2ccc(Cl)o2)CC1. The monoisotopic (exact) mass is 271 g/mol. The minimum absolute atomic E-state index is 0.212. The van der Waals surface area contributed by atoms with Crippen LogP contribution in [0.1, 0.15) is 10.6 Å². The molecule has 0 aliphatic carbocycles. The first kappa shape index (κ1) is 13.4. The van der Waals surface area contributed by atoms with E-state index in [9.17, 15) is 4.79 Å². The third kappa shape index (κ3) is 3.73. The van der Waals surface area contributed by atoms with Crippen LogP contribution in [0.5, 0.6) is 0 Å². The first-order valence-electron chi connectivity index (χ1n) is 6.09. The van der Waals surface area contributed by atoms with Crippen LogP contribution < -0.4 is 5.32 Å². The standard InChI is InChI=1S/C12H18ClN3O2/c1-15-6-8-16(9-7-15)5-4-14-12(17)10-2-3-11(13)18-10/h2-3H,4-9H2,1H3,(H,14,17). The Labute approximate surface area is 112 Å². The van der Waals surface area contributed by atoms with E-state index in [1.54, 1.807) is 12.1 Å². The quantitative estimate of drug-likeness (QED) is 0.884. The number of carbonyl (C=O) groups is 1. The van der Waals surface area contributed by atoms with Crippen molar-refractivity contribution in [3.8, 4) is 0 Å². The summed E-state index contributed by atoms with van der Waals surface area (Å²) >= 11 is 5.61. The van der Waals surface area contributed by atoms with Crippen molar-refractivity contribution in [3.05, 3.63) is 23.1 Å². The van der Waals surface area contributed by atoms with Gasteiger partial charge in [0.15, 0.2) is 11.0 Å². The van der Waals surface area contributed by atoms with Gasteiger partial charge in [0.2, 0.25) is 0 Å². The van der Waals surface area contributed by atoms with Crippen molar-refractivity contribution in [2.24, 2.45) is 0 Å². The maximum atomic E-state index is 11.7. The molecule has 0 atom stereocenters. The number of furan rings is 1. The van der Waals surface area contributed by atoms with Gasteiger partial charge in [-0.25, -0.2) is 0 Å². The summed E-state index contributed by atoms with van der Waals surface area (Å²) in [5.74, 6) is 0.0504. The fourth-order valence-electron chi connectivity index (χ4n) is 1.92. The highest BCUT2D eigenvalue weighted by Gasteiger charge is 2.14. The van der Waals surface area contributed by atoms with Gasteiger partial charge in [-0.3, -0.25) is 9.69 Å². The molecule has 0 radical (unpaired) electrons. The number of rotatable bonds is 4. The number of halogens is 1. The molecule has 0 bridgehead atoms. The number of amides is 1. The van der Waals surface area contributed by atoms with E-state index in [1.165, 1.54) is 0 Å². The van der Waals surface area contributed by atoms with Crippen molar-refractivity contribution >= 4 is 17.5 Å². The van der Waals surface area contributed by atoms with Gasteiger partial charge < -0.3 is 14.6 Å². The van der Waals surface area contributed by atoms with Crippen molar-refractivity contribution < 1.29 is 9.21 Å². The topological polar surface area (TPSA) is 48.7 Å². The second kappa shape index (κ2) is 6.22. The molecular weight excluding hydrogens is 254 g/mol. The Morgan fingerprint density at radius 3 is 2.72 bits per heavy atom. The average Bonchev–Trinajstić information content (AvgIpc) is 2.78. The highest BCUT2D eigenvalue weighted by Crippen LogP contribution is 2.12. The predicted octanol–water partition coefficient (Wildman–Crippen LogP) is 0.910. The first-order chi connectivity index (χ1) is 8.65. The summed E-state index contributed by atoms with van der Waals surface area (Å²) < 4.78 is 5.03. The van der Waals surface area contributed by atoms with Crippen molar-refractivity contribution in [1.29, 1.82) is 0 Å². The van der Waals surface area contributed by atoms with Crippen molar-refractivity contribution in [2.75, 3.05) is 46.3 Å². The van der Waals surface area contributed by atoms with Crippen LogP contribution in [0.15, 0.2) is 16.5 Å². The molecule has 5 nitrogen and oxygen atoms in total. The summed E-state index contributed by atoms with van der Waals surface area (Å²) in [7, 11) is 2.12. The lowest BCUT2D eigenvalue weighted by Crippen LogP contribution is -2.46. The van der Waals surface area contributed by atoms with E-state index in [-0.39, 0.29) is 16.9 Å². The third-order valence-corrected chi connectivity index (χ3v) is 3.31. The minimum atomic E-state index is -0.212. The lowest BCUT2D eigenvalue weighted by Gasteiger charge is -2.32. The summed E-state index contributed by atoms with van der Waals surface area (Å²) in [5, 5.41) is 3.06. The van der Waals surface area contributed by atoms with Crippen LogP contribution in [0, 0.1) is 0 Å². The van der Waals surface area contributed by atoms with Crippen LogP contribution in [0.25, 0.3) is 0 Å². The predicted molar refractivity (Wildman–Crippen MR) is 70.0 cm³/mol. The highest BCUT2D eigenvalue weighted by atomic mass is 35.5. The van der Waals surface area contributed by atoms with E-state index in [0.29, 0.717) is 6.54 Å². The molecule has 0 aromatic carbocycles. The van der Waals surface area contributed by atoms with E-state index in [1.807, 2.05) is 0 Å². The molecule has 1 aliphatic rings. The van der Waals surface area contributed by atoms with E-state index in [2.05, 4.69) is 22.2 Å². The third-order valence-electron chi connectivity index (χ3n) is 3.11. The number of nitrogens with zero attached hydrogens (tertiary/aromatic N) is 2. The largest absolute Gasteiger partial charge is 0.440 e. The van der Waals surface area contributed by atoms with Gasteiger partial charge in [0.1, 0.15) is 0 Å². The van der Waals surface area contributed by atoms with Gasteiger partial charge in [0.05, 0.1) is 0 Å². The Hall–Kier alpha value is -1.04. The Kier molecular flexibility index (Phi) is 4.63. The molecular formula is C12H18ClN3O2. The summed E-state index contributed by atoms with van der Waals surface area (Å²) in [6.07, 6.45) is 0. The summed E-state index contributed by atoms with van der Waals surface area (Å²) in [6.45, 7) is 5.77. The van der Waals surface area contributed by atoms with Gasteiger partial charge in [-0.1, -0.05) is 0 Å². The molecule has 0 saturated carbocycles. The summed E-state index contributed by atoms with van der Waals surface area (Å²) in [6, 6.07) is 3.14. The Bertz CT molecular complexity index is 400. The highest BCUT2D eigenvalue weighted by molar-refractivity contribution is 6.29. The molecule has 0 unspecified atom stereocenters. The van der Waals surface area contributed by atoms with Gasteiger partial charge in [0, 0.05) is 39.3 Å². The molecule has 1 fully saturated rings. The van der Waals surface area contributed by atoms with Crippen molar-refractivity contribution in [2.45, 2.75) is 0 Å². The van der Waals surface area contributed by atoms with Gasteiger partial charge >= 0.3 is 0 Å². The van der Waals surface area contributed by atoms with Gasteiger partial charge in [-0.2, -0.15) is 0 Å². The van der Waals surface area contributed by atoms with E-state index in [0.717, 1.165) is 32.7 Å². The van der Waals surface area contributed by atoms with Crippen LogP contribution >= 0.6 is 11.6 Å². The van der Waals surface area contributed by atoms with Crippen molar-refractivity contribution in [3.63, 3.8) is 0 Å². The van der Waals surface area contributed by atoms with E-state index >= 15 is 0 Å². The minimum Gasteiger partial charge on any atom is -0.440 e. The normalized spacial score (nSPS) is 17.9. The van der Waals surface area contributed by atoms with Gasteiger partial charge in [0.25, 0.3) is 5.91 Å². The van der Waals surface area contributed by atoms with E-state index in [4.69, 9.17) is 16.0 Å². The lowest BCUT2D eigenvalue weighted by molar-refractivity contribution is 0.0914. The Morgan fingerprint density at radius 1 is 1.39 bits per heavy atom. The van der Waals surface area contributed by atoms with Crippen LogP contribution in [0.2, 0.25) is 5.22 Å². The molecule has 1 amide bonds. The molecule has 1 aromatic heterocycles. The zero-order valence-electron chi connectivity index (χ0n) is 10.5. The molecule has 18 heavy (non-hydrogen) atoms. The van der Waals surface area contributed by atoms with Crippen LogP contribution in [-0.4, -0.2) is 62.0 Å². The number of nitrogens with one attached hydrogen (secondary N) is 1. The van der Waals surface area contributed by atoms with Crippen molar-refractivity contribution in [1.82, 2.24) is 15.1 Å². The summed E-state index contributed by atoms with van der Waals surface area (Å²) in [4.78, 5) is 16.3. The fraction of sp³-hybridized carbons (Fsp3) is 0.583. The first-order valence-corrected chi connectivity index (χ1v) is 6.47. The zero-order valence-corrected chi connectivity index (χ0v) is 11.2.